The summed E-state index contributed by atoms with van der Waals surface area (Å²) < 4.78 is 46.2. The normalized spacial score (nSPS) is 17.8. The first-order valence-corrected chi connectivity index (χ1v) is 26.4. The summed E-state index contributed by atoms with van der Waals surface area (Å²) in [5.74, 6) is -5.37. The molecule has 1 unspecified atom stereocenters. The number of benzene rings is 4. The molecule has 0 aliphatic carbocycles. The van der Waals surface area contributed by atoms with Crippen LogP contribution < -0.4 is 25.6 Å². The number of carbonyl (C=O) groups excluding carboxylic acids is 5. The van der Waals surface area contributed by atoms with Gasteiger partial charge in [-0.25, -0.2) is 23.5 Å². The second-order valence-corrected chi connectivity index (χ2v) is 21.8. The fourth-order valence-corrected chi connectivity index (χ4v) is 11.4. The first-order valence-electron chi connectivity index (χ1n) is 25.6. The maximum Gasteiger partial charge on any atom is 0.358 e. The van der Waals surface area contributed by atoms with Crippen molar-refractivity contribution in [1.82, 2.24) is 30.0 Å². The average Bonchev–Trinajstić information content (AvgIpc) is 3.97. The molecule has 3 N–H and O–H groups in total. The standard InChI is InChI=1S/C57H59F2N9O7S/c1-33-37(38-20-22-47(62-51(38)54(73)75-56(2,3)4)68-27-24-34-11-8-14-39(42(34)30-68)52(71)64-55-61-43-15-6-7-17-46(43)76-55)13-9-16-45(33)74-28-10-12-35-25-26-67(32-57(35,58)59)31-49(70)60-36-18-19-40-44(29-36)66(5)65-50(40)41-21-23-48(69)63-53(41)72/h6-9,11,13-20,22,29,35,41H,10,12,21,23-28,30-32H2,1-5H3,(H,60,70)(H,61,64,71)(H,63,69,72)/t35-,41?/m0/s1. The maximum absolute atomic E-state index is 15.7. The zero-order valence-electron chi connectivity index (χ0n) is 43.0. The lowest BCUT2D eigenvalue weighted by atomic mass is 9.88. The van der Waals surface area contributed by atoms with Crippen LogP contribution in [-0.4, -0.2) is 98.6 Å². The maximum atomic E-state index is 15.7. The van der Waals surface area contributed by atoms with Gasteiger partial charge in [0, 0.05) is 54.7 Å². The molecule has 19 heteroatoms. The SMILES string of the molecule is Cc1c(OCCC[C@H]2CCN(CC(=O)Nc3ccc4c(C5CCC(=O)NC5=O)nn(C)c4c3)CC2(F)F)cccc1-c1ccc(N2CCc3cccc(C(=O)Nc4nc5ccccc5s4)c3C2)nc1C(=O)OC(C)(C)C. The monoisotopic (exact) mass is 1050 g/mol. The Kier molecular flexibility index (Phi) is 14.4. The van der Waals surface area contributed by atoms with Crippen LogP contribution in [0.5, 0.6) is 5.75 Å². The predicted molar refractivity (Wildman–Crippen MR) is 287 cm³/mol. The average molecular weight is 1050 g/mol. The number of pyridine rings is 1. The van der Waals surface area contributed by atoms with Gasteiger partial charge in [-0.05, 0) is 143 Å². The van der Waals surface area contributed by atoms with Gasteiger partial charge in [0.1, 0.15) is 17.2 Å². The van der Waals surface area contributed by atoms with Gasteiger partial charge in [-0.1, -0.05) is 47.7 Å². The van der Waals surface area contributed by atoms with Crippen molar-refractivity contribution in [2.45, 2.75) is 90.2 Å². The Labute approximate surface area is 442 Å². The molecule has 7 aromatic rings. The third-order valence-electron chi connectivity index (χ3n) is 14.3. The number of aryl methyl sites for hydroxylation is 1. The van der Waals surface area contributed by atoms with E-state index in [-0.39, 0.29) is 49.9 Å². The molecule has 10 rings (SSSR count). The summed E-state index contributed by atoms with van der Waals surface area (Å²) in [5, 5.41) is 14.0. The number of thiazole rings is 1. The highest BCUT2D eigenvalue weighted by Gasteiger charge is 2.44. The molecule has 3 aromatic heterocycles. The Bertz CT molecular complexity index is 3390. The fourth-order valence-electron chi connectivity index (χ4n) is 10.5. The number of piperidine rings is 2. The van der Waals surface area contributed by atoms with Crippen LogP contribution in [0.4, 0.5) is 25.4 Å². The lowest BCUT2D eigenvalue weighted by molar-refractivity contribution is -0.134. The quantitative estimate of drug-likeness (QED) is 0.0532. The molecular formula is C57H59F2N9O7S. The summed E-state index contributed by atoms with van der Waals surface area (Å²) in [6.07, 6.45) is 2.04. The zero-order chi connectivity index (χ0) is 53.5. The lowest BCUT2D eigenvalue weighted by Gasteiger charge is -2.38. The van der Waals surface area contributed by atoms with Gasteiger partial charge in [-0.3, -0.25) is 39.4 Å². The molecule has 0 saturated carbocycles. The molecule has 0 radical (unpaired) electrons. The number of rotatable bonds is 14. The van der Waals surface area contributed by atoms with Crippen LogP contribution in [0, 0.1) is 12.8 Å². The number of aromatic nitrogens is 4. The summed E-state index contributed by atoms with van der Waals surface area (Å²) in [6, 6.07) is 27.9. The number of ether oxygens (including phenoxy) is 2. The van der Waals surface area contributed by atoms with Crippen molar-refractivity contribution in [3.05, 3.63) is 125 Å². The number of hydrogen-bond donors (Lipinski definition) is 3. The van der Waals surface area contributed by atoms with Crippen molar-refractivity contribution in [2.24, 2.45) is 13.0 Å². The Morgan fingerprint density at radius 1 is 0.908 bits per heavy atom. The molecule has 2 fully saturated rings. The molecule has 6 heterocycles. The van der Waals surface area contributed by atoms with Gasteiger partial charge in [0.15, 0.2) is 10.8 Å². The number of likely N-dealkylation sites (tertiary alicyclic amines) is 1. The van der Waals surface area contributed by atoms with Crippen molar-refractivity contribution in [1.29, 1.82) is 0 Å². The van der Waals surface area contributed by atoms with Gasteiger partial charge in [0.2, 0.25) is 17.7 Å². The molecule has 2 saturated heterocycles. The van der Waals surface area contributed by atoms with Crippen LogP contribution >= 0.6 is 11.3 Å². The van der Waals surface area contributed by atoms with Gasteiger partial charge in [-0.15, -0.1) is 0 Å². The number of imide groups is 1. The highest BCUT2D eigenvalue weighted by Crippen LogP contribution is 2.39. The number of para-hydroxylation sites is 1. The molecular weight excluding hydrogens is 993 g/mol. The number of esters is 1. The van der Waals surface area contributed by atoms with E-state index in [1.165, 1.54) is 16.2 Å². The Balaban J connectivity index is 0.760. The lowest BCUT2D eigenvalue weighted by Crippen LogP contribution is -2.50. The van der Waals surface area contributed by atoms with Gasteiger partial charge >= 0.3 is 5.97 Å². The first-order chi connectivity index (χ1) is 36.4. The largest absolute Gasteiger partial charge is 0.493 e. The van der Waals surface area contributed by atoms with Gasteiger partial charge in [0.05, 0.1) is 47.0 Å². The van der Waals surface area contributed by atoms with E-state index in [2.05, 4.69) is 30.9 Å². The smallest absolute Gasteiger partial charge is 0.358 e. The number of alkyl halides is 2. The molecule has 394 valence electrons. The summed E-state index contributed by atoms with van der Waals surface area (Å²) in [6.45, 7) is 8.02. The third kappa shape index (κ3) is 11.2. The fraction of sp³-hybridized carbons (Fsp3) is 0.368. The number of amides is 4. The second kappa shape index (κ2) is 21.2. The topological polar surface area (TPSA) is 190 Å². The van der Waals surface area contributed by atoms with Crippen LogP contribution in [0.3, 0.4) is 0 Å². The van der Waals surface area contributed by atoms with Crippen LogP contribution in [-0.2, 0) is 39.1 Å². The summed E-state index contributed by atoms with van der Waals surface area (Å²) in [4.78, 5) is 78.3. The summed E-state index contributed by atoms with van der Waals surface area (Å²) in [5.41, 5.74) is 6.29. The van der Waals surface area contributed by atoms with E-state index in [9.17, 15) is 24.0 Å². The molecule has 3 aliphatic heterocycles. The number of fused-ring (bicyclic) bond motifs is 3. The molecule has 16 nitrogen and oxygen atoms in total. The van der Waals surface area contributed by atoms with Crippen LogP contribution in [0.1, 0.15) is 102 Å². The molecule has 2 atom stereocenters. The highest BCUT2D eigenvalue weighted by molar-refractivity contribution is 7.22. The number of nitrogens with one attached hydrogen (secondary N) is 3. The van der Waals surface area contributed by atoms with E-state index in [1.807, 2.05) is 79.7 Å². The van der Waals surface area contributed by atoms with E-state index in [0.717, 1.165) is 32.3 Å². The molecule has 4 aromatic carbocycles. The van der Waals surface area contributed by atoms with Crippen molar-refractivity contribution >= 4 is 78.7 Å². The van der Waals surface area contributed by atoms with E-state index in [4.69, 9.17) is 14.5 Å². The number of anilines is 3. The molecule has 4 amide bonds. The highest BCUT2D eigenvalue weighted by atomic mass is 32.1. The first kappa shape index (κ1) is 51.8. The van der Waals surface area contributed by atoms with Crippen LogP contribution in [0.2, 0.25) is 0 Å². The van der Waals surface area contributed by atoms with E-state index < -0.39 is 47.7 Å². The van der Waals surface area contributed by atoms with Crippen molar-refractivity contribution in [3.8, 4) is 16.9 Å². The Morgan fingerprint density at radius 2 is 1.72 bits per heavy atom. The van der Waals surface area contributed by atoms with Crippen molar-refractivity contribution < 1.29 is 42.2 Å². The number of nitrogens with zero attached hydrogens (tertiary/aromatic N) is 6. The molecule has 3 aliphatic rings. The number of carbonyl (C=O) groups is 5. The molecule has 0 bridgehead atoms. The van der Waals surface area contributed by atoms with Gasteiger partial charge in [-0.2, -0.15) is 5.10 Å². The second-order valence-electron chi connectivity index (χ2n) is 20.8. The minimum absolute atomic E-state index is 0.125. The molecule has 76 heavy (non-hydrogen) atoms. The predicted octanol–water partition coefficient (Wildman–Crippen LogP) is 9.60. The third-order valence-corrected chi connectivity index (χ3v) is 15.2. The van der Waals surface area contributed by atoms with E-state index in [1.54, 1.807) is 50.7 Å². The zero-order valence-corrected chi connectivity index (χ0v) is 43.8. The van der Waals surface area contributed by atoms with Crippen LogP contribution in [0.25, 0.3) is 32.2 Å². The Hall–Kier alpha value is -7.64. The van der Waals surface area contributed by atoms with Crippen molar-refractivity contribution in [2.75, 3.05) is 48.3 Å². The summed E-state index contributed by atoms with van der Waals surface area (Å²) in [7, 11) is 1.73. The van der Waals surface area contributed by atoms with Crippen LogP contribution in [0.15, 0.2) is 91.0 Å². The van der Waals surface area contributed by atoms with E-state index >= 15 is 8.78 Å². The van der Waals surface area contributed by atoms with E-state index in [0.29, 0.717) is 89.2 Å². The molecule has 0 spiro atoms. The Morgan fingerprint density at radius 3 is 2.51 bits per heavy atom. The minimum atomic E-state index is -3.03. The van der Waals surface area contributed by atoms with Gasteiger partial charge in [0.25, 0.3) is 11.8 Å². The summed E-state index contributed by atoms with van der Waals surface area (Å²) >= 11 is 1.42. The van der Waals surface area contributed by atoms with Crippen molar-refractivity contribution in [3.63, 3.8) is 0 Å². The number of halogens is 2. The number of hydrogen-bond acceptors (Lipinski definition) is 13. The van der Waals surface area contributed by atoms with Gasteiger partial charge < -0.3 is 19.7 Å². The minimum Gasteiger partial charge on any atom is -0.493 e.